The number of nitrogens with one attached hydrogen (secondary N) is 1. The monoisotopic (exact) mass is 207 g/mol. The maximum atomic E-state index is 5.78. The molecule has 3 N–H and O–H groups in total. The third kappa shape index (κ3) is 3.81. The zero-order valence-electron chi connectivity index (χ0n) is 8.84. The summed E-state index contributed by atoms with van der Waals surface area (Å²) in [5.41, 5.74) is 6.05. The highest BCUT2D eigenvalue weighted by atomic mass is 35.5. The van der Waals surface area contributed by atoms with E-state index in [2.05, 4.69) is 31.0 Å². The Balaban J connectivity index is 0.00000144. The normalized spacial score (nSPS) is 24.9. The predicted octanol–water partition coefficient (Wildman–Crippen LogP) is 0.439. The van der Waals surface area contributed by atoms with E-state index in [1.165, 1.54) is 0 Å². The average molecular weight is 208 g/mol. The summed E-state index contributed by atoms with van der Waals surface area (Å²) in [5, 5.41) is 3.40. The van der Waals surface area contributed by atoms with Gasteiger partial charge in [0, 0.05) is 37.8 Å². The van der Waals surface area contributed by atoms with Gasteiger partial charge >= 0.3 is 0 Å². The lowest BCUT2D eigenvalue weighted by Gasteiger charge is -2.43. The molecule has 3 nitrogen and oxygen atoms in total. The quantitative estimate of drug-likeness (QED) is 0.691. The van der Waals surface area contributed by atoms with Crippen LogP contribution in [0.25, 0.3) is 0 Å². The van der Waals surface area contributed by atoms with Gasteiger partial charge in [0.15, 0.2) is 0 Å². The first kappa shape index (κ1) is 13.2. The summed E-state index contributed by atoms with van der Waals surface area (Å²) in [6, 6.07) is 0.280. The van der Waals surface area contributed by atoms with Crippen molar-refractivity contribution in [3.63, 3.8) is 0 Å². The topological polar surface area (TPSA) is 41.3 Å². The van der Waals surface area contributed by atoms with E-state index in [4.69, 9.17) is 5.73 Å². The molecule has 0 spiro atoms. The van der Waals surface area contributed by atoms with Crippen LogP contribution in [0.5, 0.6) is 0 Å². The van der Waals surface area contributed by atoms with Crippen molar-refractivity contribution in [1.82, 2.24) is 10.2 Å². The van der Waals surface area contributed by atoms with Crippen LogP contribution in [0.4, 0.5) is 0 Å². The molecule has 0 saturated carbocycles. The van der Waals surface area contributed by atoms with E-state index in [1.807, 2.05) is 0 Å². The molecule has 1 aliphatic rings. The van der Waals surface area contributed by atoms with Crippen molar-refractivity contribution < 1.29 is 0 Å². The highest BCUT2D eigenvalue weighted by Gasteiger charge is 2.29. The second-order valence-corrected chi connectivity index (χ2v) is 4.41. The van der Waals surface area contributed by atoms with E-state index < -0.39 is 0 Å². The first-order chi connectivity index (χ1) is 5.52. The number of halogens is 1. The minimum atomic E-state index is 0. The summed E-state index contributed by atoms with van der Waals surface area (Å²) in [6.45, 7) is 10.9. The number of piperazine rings is 1. The fraction of sp³-hybridized carbons (Fsp3) is 1.00. The van der Waals surface area contributed by atoms with E-state index in [0.29, 0.717) is 0 Å². The zero-order chi connectivity index (χ0) is 9.19. The Morgan fingerprint density at radius 2 is 2.15 bits per heavy atom. The molecule has 1 heterocycles. The number of hydrogen-bond donors (Lipinski definition) is 2. The SMILES string of the molecule is CC(N)CN1CCNCC1(C)C.Cl. The summed E-state index contributed by atoms with van der Waals surface area (Å²) in [5.74, 6) is 0. The largest absolute Gasteiger partial charge is 0.327 e. The summed E-state index contributed by atoms with van der Waals surface area (Å²) < 4.78 is 0. The standard InChI is InChI=1S/C9H21N3.ClH/c1-8(10)6-12-5-4-11-7-9(12,2)3;/h8,11H,4-7,10H2,1-3H3;1H. The van der Waals surface area contributed by atoms with Gasteiger partial charge in [-0.05, 0) is 20.8 Å². The van der Waals surface area contributed by atoms with Gasteiger partial charge in [0.05, 0.1) is 0 Å². The second kappa shape index (κ2) is 5.15. The van der Waals surface area contributed by atoms with Crippen LogP contribution in [-0.4, -0.2) is 42.7 Å². The molecule has 0 aromatic carbocycles. The van der Waals surface area contributed by atoms with Crippen molar-refractivity contribution >= 4 is 12.4 Å². The molecule has 1 unspecified atom stereocenters. The van der Waals surface area contributed by atoms with Crippen molar-refractivity contribution in [2.45, 2.75) is 32.4 Å². The van der Waals surface area contributed by atoms with Crippen molar-refractivity contribution in [1.29, 1.82) is 0 Å². The van der Waals surface area contributed by atoms with Crippen LogP contribution in [0, 0.1) is 0 Å². The third-order valence-electron chi connectivity index (χ3n) is 2.48. The first-order valence-corrected chi connectivity index (χ1v) is 4.74. The van der Waals surface area contributed by atoms with E-state index in [9.17, 15) is 0 Å². The van der Waals surface area contributed by atoms with Crippen LogP contribution in [0.3, 0.4) is 0 Å². The van der Waals surface area contributed by atoms with Crippen LogP contribution in [0.1, 0.15) is 20.8 Å². The molecule has 13 heavy (non-hydrogen) atoms. The molecule has 1 fully saturated rings. The Hall–Kier alpha value is 0.170. The Bertz CT molecular complexity index is 148. The molecule has 0 amide bonds. The van der Waals surface area contributed by atoms with Crippen molar-refractivity contribution in [2.75, 3.05) is 26.2 Å². The van der Waals surface area contributed by atoms with E-state index in [0.717, 1.165) is 26.2 Å². The molecule has 4 heteroatoms. The van der Waals surface area contributed by atoms with Gasteiger partial charge in [0.1, 0.15) is 0 Å². The highest BCUT2D eigenvalue weighted by molar-refractivity contribution is 5.85. The Labute approximate surface area is 87.5 Å². The van der Waals surface area contributed by atoms with Gasteiger partial charge in [-0.25, -0.2) is 0 Å². The summed E-state index contributed by atoms with van der Waals surface area (Å²) in [7, 11) is 0. The number of nitrogens with two attached hydrogens (primary N) is 1. The fourth-order valence-electron chi connectivity index (χ4n) is 1.71. The molecular weight excluding hydrogens is 186 g/mol. The Kier molecular flexibility index (Phi) is 5.22. The highest BCUT2D eigenvalue weighted by Crippen LogP contribution is 2.15. The number of rotatable bonds is 2. The maximum Gasteiger partial charge on any atom is 0.0278 e. The smallest absolute Gasteiger partial charge is 0.0278 e. The van der Waals surface area contributed by atoms with Gasteiger partial charge in [-0.3, -0.25) is 4.90 Å². The number of hydrogen-bond acceptors (Lipinski definition) is 3. The van der Waals surface area contributed by atoms with Gasteiger partial charge < -0.3 is 11.1 Å². The first-order valence-electron chi connectivity index (χ1n) is 4.74. The van der Waals surface area contributed by atoms with Crippen molar-refractivity contribution in [3.8, 4) is 0 Å². The fourth-order valence-corrected chi connectivity index (χ4v) is 1.71. The van der Waals surface area contributed by atoms with Gasteiger partial charge in [0.2, 0.25) is 0 Å². The second-order valence-electron chi connectivity index (χ2n) is 4.41. The minimum absolute atomic E-state index is 0. The summed E-state index contributed by atoms with van der Waals surface area (Å²) >= 11 is 0. The van der Waals surface area contributed by atoms with Crippen molar-refractivity contribution in [2.24, 2.45) is 5.73 Å². The van der Waals surface area contributed by atoms with Crippen LogP contribution in [0.2, 0.25) is 0 Å². The van der Waals surface area contributed by atoms with Gasteiger partial charge in [0.25, 0.3) is 0 Å². The van der Waals surface area contributed by atoms with E-state index >= 15 is 0 Å². The molecule has 0 aromatic heterocycles. The molecule has 0 radical (unpaired) electrons. The third-order valence-corrected chi connectivity index (χ3v) is 2.48. The lowest BCUT2D eigenvalue weighted by molar-refractivity contribution is 0.0858. The van der Waals surface area contributed by atoms with Gasteiger partial charge in [-0.2, -0.15) is 0 Å². The lowest BCUT2D eigenvalue weighted by Crippen LogP contribution is -2.59. The number of nitrogens with zero attached hydrogens (tertiary/aromatic N) is 1. The summed E-state index contributed by atoms with van der Waals surface area (Å²) in [6.07, 6.45) is 0. The maximum absolute atomic E-state index is 5.78. The molecule has 0 aromatic rings. The minimum Gasteiger partial charge on any atom is -0.327 e. The molecule has 0 bridgehead atoms. The Morgan fingerprint density at radius 3 is 2.62 bits per heavy atom. The van der Waals surface area contributed by atoms with Crippen molar-refractivity contribution in [3.05, 3.63) is 0 Å². The van der Waals surface area contributed by atoms with E-state index in [-0.39, 0.29) is 24.0 Å². The lowest BCUT2D eigenvalue weighted by atomic mass is 9.99. The van der Waals surface area contributed by atoms with Crippen LogP contribution < -0.4 is 11.1 Å². The molecular formula is C9H22ClN3. The summed E-state index contributed by atoms with van der Waals surface area (Å²) in [4.78, 5) is 2.47. The molecule has 1 rings (SSSR count). The average Bonchev–Trinajstić information content (AvgIpc) is 1.92. The van der Waals surface area contributed by atoms with Gasteiger partial charge in [-0.15, -0.1) is 12.4 Å². The molecule has 0 aliphatic carbocycles. The van der Waals surface area contributed by atoms with E-state index in [1.54, 1.807) is 0 Å². The Morgan fingerprint density at radius 1 is 1.54 bits per heavy atom. The molecule has 1 aliphatic heterocycles. The molecule has 1 atom stereocenters. The van der Waals surface area contributed by atoms with Crippen LogP contribution >= 0.6 is 12.4 Å². The molecule has 1 saturated heterocycles. The zero-order valence-corrected chi connectivity index (χ0v) is 9.66. The predicted molar refractivity (Wildman–Crippen MR) is 59.4 cm³/mol. The van der Waals surface area contributed by atoms with Crippen LogP contribution in [0.15, 0.2) is 0 Å². The van der Waals surface area contributed by atoms with Crippen LogP contribution in [-0.2, 0) is 0 Å². The van der Waals surface area contributed by atoms with Gasteiger partial charge in [-0.1, -0.05) is 0 Å². The molecule has 80 valence electrons.